The second-order valence-corrected chi connectivity index (χ2v) is 4.31. The summed E-state index contributed by atoms with van der Waals surface area (Å²) in [6.07, 6.45) is 3.55. The Bertz CT molecular complexity index is 273. The van der Waals surface area contributed by atoms with Crippen LogP contribution < -0.4 is 5.73 Å². The van der Waals surface area contributed by atoms with Gasteiger partial charge in [-0.15, -0.1) is 0 Å². The van der Waals surface area contributed by atoms with Crippen molar-refractivity contribution in [1.29, 1.82) is 0 Å². The van der Waals surface area contributed by atoms with Crippen molar-refractivity contribution in [3.8, 4) is 0 Å². The lowest BCUT2D eigenvalue weighted by Gasteiger charge is -2.20. The smallest absolute Gasteiger partial charge is 0.0721 e. The van der Waals surface area contributed by atoms with Crippen LogP contribution in [0.1, 0.15) is 38.7 Å². The SMILES string of the molecule is CCCCC(N)C(C)OCc1ccccc1. The van der Waals surface area contributed by atoms with Gasteiger partial charge in [0.05, 0.1) is 12.7 Å². The fourth-order valence-corrected chi connectivity index (χ4v) is 1.60. The number of hydrogen-bond donors (Lipinski definition) is 1. The Morgan fingerprint density at radius 1 is 1.25 bits per heavy atom. The van der Waals surface area contributed by atoms with Crippen LogP contribution in [0.5, 0.6) is 0 Å². The van der Waals surface area contributed by atoms with E-state index in [4.69, 9.17) is 10.5 Å². The molecule has 16 heavy (non-hydrogen) atoms. The first-order chi connectivity index (χ1) is 7.74. The lowest BCUT2D eigenvalue weighted by molar-refractivity contribution is 0.0338. The van der Waals surface area contributed by atoms with Crippen molar-refractivity contribution in [2.75, 3.05) is 0 Å². The third-order valence-electron chi connectivity index (χ3n) is 2.85. The molecule has 0 bridgehead atoms. The molecule has 1 rings (SSSR count). The molecular formula is C14H23NO. The summed E-state index contributed by atoms with van der Waals surface area (Å²) in [5.74, 6) is 0. The van der Waals surface area contributed by atoms with Gasteiger partial charge in [-0.3, -0.25) is 0 Å². The molecule has 0 radical (unpaired) electrons. The van der Waals surface area contributed by atoms with Gasteiger partial charge >= 0.3 is 0 Å². The maximum absolute atomic E-state index is 6.04. The van der Waals surface area contributed by atoms with Crippen LogP contribution >= 0.6 is 0 Å². The predicted molar refractivity (Wildman–Crippen MR) is 68.2 cm³/mol. The van der Waals surface area contributed by atoms with Crippen LogP contribution in [-0.4, -0.2) is 12.1 Å². The quantitative estimate of drug-likeness (QED) is 0.768. The molecule has 1 aromatic rings. The lowest BCUT2D eigenvalue weighted by Crippen LogP contribution is -2.34. The molecule has 0 aromatic heterocycles. The van der Waals surface area contributed by atoms with E-state index in [9.17, 15) is 0 Å². The number of ether oxygens (including phenoxy) is 1. The third kappa shape index (κ3) is 4.77. The molecule has 0 amide bonds. The second-order valence-electron chi connectivity index (χ2n) is 4.31. The second kappa shape index (κ2) is 7.42. The first-order valence-electron chi connectivity index (χ1n) is 6.15. The van der Waals surface area contributed by atoms with Gasteiger partial charge in [-0.1, -0.05) is 50.1 Å². The zero-order chi connectivity index (χ0) is 11.8. The van der Waals surface area contributed by atoms with E-state index in [0.717, 1.165) is 6.42 Å². The molecule has 2 nitrogen and oxygen atoms in total. The van der Waals surface area contributed by atoms with Gasteiger partial charge in [0.2, 0.25) is 0 Å². The van der Waals surface area contributed by atoms with E-state index >= 15 is 0 Å². The average Bonchev–Trinajstić information content (AvgIpc) is 2.34. The van der Waals surface area contributed by atoms with E-state index in [0.29, 0.717) is 6.61 Å². The van der Waals surface area contributed by atoms with Gasteiger partial charge in [0.15, 0.2) is 0 Å². The number of unbranched alkanes of at least 4 members (excludes halogenated alkanes) is 1. The molecule has 0 heterocycles. The summed E-state index contributed by atoms with van der Waals surface area (Å²) in [5, 5.41) is 0. The standard InChI is InChI=1S/C14H23NO/c1-3-4-10-14(15)12(2)16-11-13-8-6-5-7-9-13/h5-9,12,14H,3-4,10-11,15H2,1-2H3. The average molecular weight is 221 g/mol. The van der Waals surface area contributed by atoms with Crippen LogP contribution in [0.15, 0.2) is 30.3 Å². The number of hydrogen-bond acceptors (Lipinski definition) is 2. The normalized spacial score (nSPS) is 14.7. The van der Waals surface area contributed by atoms with Crippen molar-refractivity contribution in [2.45, 2.75) is 51.9 Å². The van der Waals surface area contributed by atoms with Crippen LogP contribution in [0.4, 0.5) is 0 Å². The minimum Gasteiger partial charge on any atom is -0.372 e. The van der Waals surface area contributed by atoms with Gasteiger partial charge in [0.25, 0.3) is 0 Å². The molecular weight excluding hydrogens is 198 g/mol. The van der Waals surface area contributed by atoms with Crippen LogP contribution in [0, 0.1) is 0 Å². The fourth-order valence-electron chi connectivity index (χ4n) is 1.60. The van der Waals surface area contributed by atoms with Crippen LogP contribution in [0.3, 0.4) is 0 Å². The molecule has 2 N–H and O–H groups in total. The fraction of sp³-hybridized carbons (Fsp3) is 0.571. The molecule has 2 heteroatoms. The van der Waals surface area contributed by atoms with Crippen molar-refractivity contribution in [2.24, 2.45) is 5.73 Å². The topological polar surface area (TPSA) is 35.2 Å². The first kappa shape index (κ1) is 13.2. The molecule has 0 aliphatic heterocycles. The summed E-state index contributed by atoms with van der Waals surface area (Å²) in [6, 6.07) is 10.4. The zero-order valence-corrected chi connectivity index (χ0v) is 10.4. The number of nitrogens with two attached hydrogens (primary N) is 1. The van der Waals surface area contributed by atoms with Crippen LogP contribution in [-0.2, 0) is 11.3 Å². The van der Waals surface area contributed by atoms with Gasteiger partial charge in [-0.05, 0) is 18.9 Å². The van der Waals surface area contributed by atoms with Crippen LogP contribution in [0.2, 0.25) is 0 Å². The largest absolute Gasteiger partial charge is 0.372 e. The van der Waals surface area contributed by atoms with Gasteiger partial charge in [-0.2, -0.15) is 0 Å². The van der Waals surface area contributed by atoms with Gasteiger partial charge in [0, 0.05) is 6.04 Å². The summed E-state index contributed by atoms with van der Waals surface area (Å²) in [7, 11) is 0. The van der Waals surface area contributed by atoms with E-state index in [2.05, 4.69) is 26.0 Å². The summed E-state index contributed by atoms with van der Waals surface area (Å²) >= 11 is 0. The Morgan fingerprint density at radius 3 is 2.56 bits per heavy atom. The Morgan fingerprint density at radius 2 is 1.94 bits per heavy atom. The summed E-state index contributed by atoms with van der Waals surface area (Å²) in [4.78, 5) is 0. The molecule has 0 aliphatic rings. The molecule has 0 spiro atoms. The highest BCUT2D eigenvalue weighted by molar-refractivity contribution is 5.13. The lowest BCUT2D eigenvalue weighted by atomic mass is 10.1. The van der Waals surface area contributed by atoms with E-state index in [-0.39, 0.29) is 12.1 Å². The minimum absolute atomic E-state index is 0.131. The van der Waals surface area contributed by atoms with E-state index in [1.807, 2.05) is 18.2 Å². The monoisotopic (exact) mass is 221 g/mol. The van der Waals surface area contributed by atoms with Crippen molar-refractivity contribution in [3.05, 3.63) is 35.9 Å². The van der Waals surface area contributed by atoms with Crippen molar-refractivity contribution >= 4 is 0 Å². The van der Waals surface area contributed by atoms with Gasteiger partial charge in [-0.25, -0.2) is 0 Å². The van der Waals surface area contributed by atoms with Gasteiger partial charge in [0.1, 0.15) is 0 Å². The highest BCUT2D eigenvalue weighted by atomic mass is 16.5. The predicted octanol–water partition coefficient (Wildman–Crippen LogP) is 3.11. The van der Waals surface area contributed by atoms with E-state index in [1.165, 1.54) is 18.4 Å². The Labute approximate surface area is 98.8 Å². The van der Waals surface area contributed by atoms with Crippen molar-refractivity contribution < 1.29 is 4.74 Å². The first-order valence-corrected chi connectivity index (χ1v) is 6.15. The summed E-state index contributed by atoms with van der Waals surface area (Å²) in [6.45, 7) is 4.90. The zero-order valence-electron chi connectivity index (χ0n) is 10.4. The van der Waals surface area contributed by atoms with Crippen LogP contribution in [0.25, 0.3) is 0 Å². The molecule has 1 aromatic carbocycles. The summed E-state index contributed by atoms with van der Waals surface area (Å²) in [5.41, 5.74) is 7.25. The molecule has 0 saturated heterocycles. The molecule has 0 aliphatic carbocycles. The molecule has 2 atom stereocenters. The number of rotatable bonds is 7. The highest BCUT2D eigenvalue weighted by Crippen LogP contribution is 2.08. The molecule has 0 fully saturated rings. The van der Waals surface area contributed by atoms with Crippen molar-refractivity contribution in [1.82, 2.24) is 0 Å². The Balaban J connectivity index is 2.26. The summed E-state index contributed by atoms with van der Waals surface area (Å²) < 4.78 is 5.76. The van der Waals surface area contributed by atoms with Gasteiger partial charge < -0.3 is 10.5 Å². The Kier molecular flexibility index (Phi) is 6.12. The minimum atomic E-state index is 0.131. The Hall–Kier alpha value is -0.860. The van der Waals surface area contributed by atoms with E-state index < -0.39 is 0 Å². The maximum atomic E-state index is 6.04. The highest BCUT2D eigenvalue weighted by Gasteiger charge is 2.12. The molecule has 2 unspecified atom stereocenters. The third-order valence-corrected chi connectivity index (χ3v) is 2.85. The molecule has 90 valence electrons. The van der Waals surface area contributed by atoms with Crippen molar-refractivity contribution in [3.63, 3.8) is 0 Å². The number of benzene rings is 1. The maximum Gasteiger partial charge on any atom is 0.0721 e. The molecule has 0 saturated carbocycles. The van der Waals surface area contributed by atoms with E-state index in [1.54, 1.807) is 0 Å².